The summed E-state index contributed by atoms with van der Waals surface area (Å²) in [6.45, 7) is 4.11. The molecular weight excluding hydrogens is 252 g/mol. The molecule has 0 radical (unpaired) electrons. The smallest absolute Gasteiger partial charge is 0.130 e. The Bertz CT molecular complexity index is 633. The van der Waals surface area contributed by atoms with Crippen LogP contribution < -0.4 is 4.74 Å². The Balaban J connectivity index is 1.96. The van der Waals surface area contributed by atoms with Crippen LogP contribution in [0.4, 0.5) is 0 Å². The second-order valence-corrected chi connectivity index (χ2v) is 5.46. The van der Waals surface area contributed by atoms with Gasteiger partial charge in [-0.2, -0.15) is 5.10 Å². The van der Waals surface area contributed by atoms with Gasteiger partial charge in [-0.1, -0.05) is 18.6 Å². The maximum atomic E-state index is 10.4. The van der Waals surface area contributed by atoms with Crippen LogP contribution in [0.25, 0.3) is 0 Å². The number of aromatic nitrogens is 2. The third-order valence-corrected chi connectivity index (χ3v) is 3.85. The predicted octanol–water partition coefficient (Wildman–Crippen LogP) is 2.85. The van der Waals surface area contributed by atoms with Crippen LogP contribution in [0, 0.1) is 6.92 Å². The van der Waals surface area contributed by atoms with Crippen molar-refractivity contribution in [2.75, 3.05) is 0 Å². The number of ether oxygens (including phenoxy) is 1. The van der Waals surface area contributed by atoms with Crippen LogP contribution in [0.15, 0.2) is 24.4 Å². The molecule has 4 heteroatoms. The average Bonchev–Trinajstić information content (AvgIpc) is 2.80. The SMILES string of the molecule is CCc1nn(C)cc1C1C[C@H](O)c2cc(C)ccc2O1. The molecule has 1 aliphatic rings. The number of aliphatic hydroxyl groups is 1. The van der Waals surface area contributed by atoms with Gasteiger partial charge in [0.15, 0.2) is 0 Å². The Morgan fingerprint density at radius 1 is 1.40 bits per heavy atom. The first kappa shape index (κ1) is 13.2. The average molecular weight is 272 g/mol. The molecule has 2 heterocycles. The van der Waals surface area contributed by atoms with Crippen LogP contribution in [0.2, 0.25) is 0 Å². The number of benzene rings is 1. The first-order valence-electron chi connectivity index (χ1n) is 7.06. The van der Waals surface area contributed by atoms with Gasteiger partial charge in [-0.15, -0.1) is 0 Å². The molecule has 0 saturated carbocycles. The highest BCUT2D eigenvalue weighted by molar-refractivity contribution is 5.41. The predicted molar refractivity (Wildman–Crippen MR) is 76.7 cm³/mol. The Labute approximate surface area is 119 Å². The lowest BCUT2D eigenvalue weighted by atomic mass is 9.94. The van der Waals surface area contributed by atoms with Gasteiger partial charge in [-0.3, -0.25) is 4.68 Å². The number of aryl methyl sites for hydroxylation is 3. The van der Waals surface area contributed by atoms with E-state index in [1.807, 2.05) is 43.0 Å². The number of aliphatic hydroxyl groups excluding tert-OH is 1. The van der Waals surface area contributed by atoms with Crippen LogP contribution in [0.1, 0.15) is 47.9 Å². The molecule has 3 rings (SSSR count). The molecular formula is C16H20N2O2. The topological polar surface area (TPSA) is 47.3 Å². The number of rotatable bonds is 2. The third-order valence-electron chi connectivity index (χ3n) is 3.85. The van der Waals surface area contributed by atoms with Gasteiger partial charge in [-0.25, -0.2) is 0 Å². The van der Waals surface area contributed by atoms with Crippen LogP contribution in [-0.4, -0.2) is 14.9 Å². The highest BCUT2D eigenvalue weighted by atomic mass is 16.5. The molecule has 0 spiro atoms. The molecule has 0 amide bonds. The van der Waals surface area contributed by atoms with Crippen molar-refractivity contribution in [2.24, 2.45) is 7.05 Å². The van der Waals surface area contributed by atoms with E-state index in [1.54, 1.807) is 0 Å². The minimum atomic E-state index is -0.478. The Morgan fingerprint density at radius 2 is 2.20 bits per heavy atom. The summed E-state index contributed by atoms with van der Waals surface area (Å²) >= 11 is 0. The Kier molecular flexibility index (Phi) is 3.26. The molecule has 20 heavy (non-hydrogen) atoms. The lowest BCUT2D eigenvalue weighted by Gasteiger charge is -2.30. The Hall–Kier alpha value is -1.81. The zero-order valence-electron chi connectivity index (χ0n) is 12.1. The molecule has 1 unspecified atom stereocenters. The Morgan fingerprint density at radius 3 is 2.95 bits per heavy atom. The van der Waals surface area contributed by atoms with Crippen molar-refractivity contribution in [3.63, 3.8) is 0 Å². The minimum Gasteiger partial charge on any atom is -0.485 e. The number of nitrogens with zero attached hydrogens (tertiary/aromatic N) is 2. The second kappa shape index (κ2) is 4.94. The molecule has 0 saturated heterocycles. The van der Waals surface area contributed by atoms with Crippen molar-refractivity contribution in [1.82, 2.24) is 9.78 Å². The standard InChI is InChI=1S/C16H20N2O2/c1-4-13-12(9-18(3)17-13)16-8-14(19)11-7-10(2)5-6-15(11)20-16/h5-7,9,14,16,19H,4,8H2,1-3H3/t14-,16?/m0/s1. The van der Waals surface area contributed by atoms with Gasteiger partial charge in [0.1, 0.15) is 11.9 Å². The molecule has 2 aromatic rings. The van der Waals surface area contributed by atoms with Gasteiger partial charge in [0.25, 0.3) is 0 Å². The summed E-state index contributed by atoms with van der Waals surface area (Å²) in [6.07, 6.45) is 2.84. The van der Waals surface area contributed by atoms with E-state index >= 15 is 0 Å². The molecule has 0 aliphatic carbocycles. The molecule has 1 aromatic heterocycles. The van der Waals surface area contributed by atoms with Crippen molar-refractivity contribution in [2.45, 2.75) is 38.9 Å². The van der Waals surface area contributed by atoms with Crippen molar-refractivity contribution in [3.05, 3.63) is 46.8 Å². The van der Waals surface area contributed by atoms with Gasteiger partial charge < -0.3 is 9.84 Å². The third kappa shape index (κ3) is 2.20. The van der Waals surface area contributed by atoms with Crippen LogP contribution in [0.3, 0.4) is 0 Å². The first-order valence-corrected chi connectivity index (χ1v) is 7.06. The number of hydrogen-bond donors (Lipinski definition) is 1. The largest absolute Gasteiger partial charge is 0.485 e. The summed E-state index contributed by atoms with van der Waals surface area (Å²) < 4.78 is 7.90. The highest BCUT2D eigenvalue weighted by Gasteiger charge is 2.30. The van der Waals surface area contributed by atoms with Gasteiger partial charge >= 0.3 is 0 Å². The zero-order chi connectivity index (χ0) is 14.3. The van der Waals surface area contributed by atoms with Crippen molar-refractivity contribution < 1.29 is 9.84 Å². The summed E-state index contributed by atoms with van der Waals surface area (Å²) in [5, 5.41) is 14.8. The number of hydrogen-bond acceptors (Lipinski definition) is 3. The fraction of sp³-hybridized carbons (Fsp3) is 0.438. The zero-order valence-corrected chi connectivity index (χ0v) is 12.1. The summed E-state index contributed by atoms with van der Waals surface area (Å²) in [4.78, 5) is 0. The van der Waals surface area contributed by atoms with E-state index in [0.29, 0.717) is 6.42 Å². The monoisotopic (exact) mass is 272 g/mol. The normalized spacial score (nSPS) is 21.4. The molecule has 0 bridgehead atoms. The fourth-order valence-electron chi connectivity index (χ4n) is 2.85. The molecule has 1 aromatic carbocycles. The fourth-order valence-corrected chi connectivity index (χ4v) is 2.85. The van der Waals surface area contributed by atoms with Crippen LogP contribution >= 0.6 is 0 Å². The number of fused-ring (bicyclic) bond motifs is 1. The maximum absolute atomic E-state index is 10.4. The summed E-state index contributed by atoms with van der Waals surface area (Å²) in [5.41, 5.74) is 4.16. The molecule has 2 atom stereocenters. The molecule has 1 aliphatic heterocycles. The van der Waals surface area contributed by atoms with Crippen molar-refractivity contribution in [1.29, 1.82) is 0 Å². The maximum Gasteiger partial charge on any atom is 0.130 e. The van der Waals surface area contributed by atoms with E-state index in [1.165, 1.54) is 0 Å². The van der Waals surface area contributed by atoms with Gasteiger partial charge in [-0.05, 0) is 25.5 Å². The molecule has 1 N–H and O–H groups in total. The highest BCUT2D eigenvalue weighted by Crippen LogP contribution is 2.41. The van der Waals surface area contributed by atoms with Crippen molar-refractivity contribution in [3.8, 4) is 5.75 Å². The summed E-state index contributed by atoms with van der Waals surface area (Å²) in [5.74, 6) is 0.783. The van der Waals surface area contributed by atoms with Crippen LogP contribution in [0.5, 0.6) is 5.75 Å². The van der Waals surface area contributed by atoms with Crippen molar-refractivity contribution >= 4 is 0 Å². The molecule has 106 valence electrons. The lowest BCUT2D eigenvalue weighted by molar-refractivity contribution is 0.0652. The quantitative estimate of drug-likeness (QED) is 0.914. The van der Waals surface area contributed by atoms with E-state index < -0.39 is 6.10 Å². The van der Waals surface area contributed by atoms with Gasteiger partial charge in [0.2, 0.25) is 0 Å². The van der Waals surface area contributed by atoms with E-state index in [0.717, 1.165) is 34.6 Å². The lowest BCUT2D eigenvalue weighted by Crippen LogP contribution is -2.19. The van der Waals surface area contributed by atoms with E-state index in [2.05, 4.69) is 12.0 Å². The van der Waals surface area contributed by atoms with E-state index in [4.69, 9.17) is 4.74 Å². The summed E-state index contributed by atoms with van der Waals surface area (Å²) in [6, 6.07) is 5.96. The second-order valence-electron chi connectivity index (χ2n) is 5.46. The molecule has 0 fully saturated rings. The van der Waals surface area contributed by atoms with Crippen LogP contribution in [-0.2, 0) is 13.5 Å². The first-order chi connectivity index (χ1) is 9.58. The van der Waals surface area contributed by atoms with Gasteiger partial charge in [0, 0.05) is 30.8 Å². The van der Waals surface area contributed by atoms with Gasteiger partial charge in [0.05, 0.1) is 11.8 Å². The minimum absolute atomic E-state index is 0.121. The molecule has 4 nitrogen and oxygen atoms in total. The van der Waals surface area contributed by atoms with E-state index in [-0.39, 0.29) is 6.10 Å². The summed E-state index contributed by atoms with van der Waals surface area (Å²) in [7, 11) is 1.92. The van der Waals surface area contributed by atoms with E-state index in [9.17, 15) is 5.11 Å².